The lowest BCUT2D eigenvalue weighted by Crippen LogP contribution is -2.44. The number of carbonyl (C=O) groups excluding carboxylic acids is 2. The predicted molar refractivity (Wildman–Crippen MR) is 149 cm³/mol. The van der Waals surface area contributed by atoms with Crippen molar-refractivity contribution >= 4 is 29.5 Å². The number of carbonyl (C=O) groups is 2. The Balaban J connectivity index is 1.62. The van der Waals surface area contributed by atoms with Crippen LogP contribution in [-0.4, -0.2) is 90.2 Å². The molecule has 2 amide bonds. The Morgan fingerprint density at radius 2 is 1.76 bits per heavy atom. The van der Waals surface area contributed by atoms with E-state index >= 15 is 0 Å². The van der Waals surface area contributed by atoms with E-state index in [1.54, 1.807) is 0 Å². The molecule has 0 radical (unpaired) electrons. The van der Waals surface area contributed by atoms with Gasteiger partial charge in [0.25, 0.3) is 5.91 Å². The van der Waals surface area contributed by atoms with Gasteiger partial charge in [0.15, 0.2) is 0 Å². The van der Waals surface area contributed by atoms with Crippen molar-refractivity contribution in [2.24, 2.45) is 0 Å². The number of fused-ring (bicyclic) bond motifs is 5. The third-order valence-electron chi connectivity index (χ3n) is 7.00. The maximum atomic E-state index is 13.1. The molecule has 1 fully saturated rings. The van der Waals surface area contributed by atoms with Crippen LogP contribution in [0.3, 0.4) is 0 Å². The second-order valence-corrected chi connectivity index (χ2v) is 11.0. The van der Waals surface area contributed by atoms with Crippen LogP contribution in [0.2, 0.25) is 0 Å². The van der Waals surface area contributed by atoms with E-state index < -0.39 is 0 Å². The molecule has 200 valence electrons. The second kappa shape index (κ2) is 13.2. The van der Waals surface area contributed by atoms with E-state index in [-0.39, 0.29) is 17.8 Å². The molecule has 10 heteroatoms. The van der Waals surface area contributed by atoms with E-state index in [1.165, 1.54) is 11.8 Å². The number of aromatic nitrogens is 2. The Morgan fingerprint density at radius 1 is 1.00 bits per heavy atom. The largest absolute Gasteiger partial charge is 0.368 e. The molecule has 9 nitrogen and oxygen atoms in total. The Morgan fingerprint density at radius 3 is 2.54 bits per heavy atom. The Hall–Kier alpha value is -2.69. The number of amides is 2. The molecule has 37 heavy (non-hydrogen) atoms. The highest BCUT2D eigenvalue weighted by Crippen LogP contribution is 2.30. The van der Waals surface area contributed by atoms with Crippen LogP contribution in [0.4, 0.5) is 5.95 Å². The van der Waals surface area contributed by atoms with Gasteiger partial charge in [-0.05, 0) is 69.5 Å². The summed E-state index contributed by atoms with van der Waals surface area (Å²) in [5.74, 6) is 0.733. The number of piperazine rings is 1. The van der Waals surface area contributed by atoms with Crippen LogP contribution in [0.15, 0.2) is 23.2 Å². The molecule has 2 aliphatic rings. The molecule has 0 spiro atoms. The summed E-state index contributed by atoms with van der Waals surface area (Å²) in [6.45, 7) is 8.63. The van der Waals surface area contributed by atoms with Crippen molar-refractivity contribution < 1.29 is 9.59 Å². The number of nitrogens with one attached hydrogen (secondary N) is 2. The van der Waals surface area contributed by atoms with Crippen LogP contribution in [0.5, 0.6) is 0 Å². The summed E-state index contributed by atoms with van der Waals surface area (Å²) in [7, 11) is 2.17. The first-order chi connectivity index (χ1) is 17.9. The fourth-order valence-electron chi connectivity index (χ4n) is 4.79. The minimum Gasteiger partial charge on any atom is -0.368 e. The second-order valence-electron chi connectivity index (χ2n) is 9.93. The lowest BCUT2D eigenvalue weighted by atomic mass is 9.93. The number of nitrogens with zero attached hydrogens (tertiary/aromatic N) is 4. The van der Waals surface area contributed by atoms with Crippen LogP contribution in [0, 0.1) is 6.92 Å². The normalized spacial score (nSPS) is 18.6. The number of aryl methyl sites for hydroxylation is 2. The predicted octanol–water partition coefficient (Wildman–Crippen LogP) is 2.34. The van der Waals surface area contributed by atoms with Crippen molar-refractivity contribution in [1.82, 2.24) is 30.4 Å². The van der Waals surface area contributed by atoms with E-state index in [1.807, 2.05) is 19.1 Å². The molecule has 2 aliphatic heterocycles. The summed E-state index contributed by atoms with van der Waals surface area (Å²) in [5.41, 5.74) is 10.5. The van der Waals surface area contributed by atoms with E-state index in [0.29, 0.717) is 36.5 Å². The van der Waals surface area contributed by atoms with Crippen LogP contribution in [0.1, 0.15) is 47.2 Å². The van der Waals surface area contributed by atoms with Gasteiger partial charge in [0, 0.05) is 62.6 Å². The molecule has 0 atom stereocenters. The number of anilines is 1. The number of benzene rings is 1. The molecule has 4 rings (SSSR count). The van der Waals surface area contributed by atoms with Crippen molar-refractivity contribution in [2.75, 3.05) is 64.3 Å². The summed E-state index contributed by atoms with van der Waals surface area (Å²) in [4.78, 5) is 39.1. The first-order valence-electron chi connectivity index (χ1n) is 13.3. The number of rotatable bonds is 4. The first-order valence-corrected chi connectivity index (χ1v) is 14.2. The van der Waals surface area contributed by atoms with Gasteiger partial charge in [-0.3, -0.25) is 9.59 Å². The number of likely N-dealkylation sites (N-methyl/N-ethyl adjacent to an activating group) is 1. The molecular formula is C27H39N7O2S. The zero-order chi connectivity index (χ0) is 26.2. The molecule has 2 aromatic rings. The summed E-state index contributed by atoms with van der Waals surface area (Å²) < 4.78 is 0. The summed E-state index contributed by atoms with van der Waals surface area (Å²) in [6.07, 6.45) is 3.95. The number of nitrogen functional groups attached to an aromatic ring is 1. The van der Waals surface area contributed by atoms with Gasteiger partial charge in [0.1, 0.15) is 5.03 Å². The Bertz CT molecular complexity index is 1100. The van der Waals surface area contributed by atoms with Crippen molar-refractivity contribution in [1.29, 1.82) is 0 Å². The maximum Gasteiger partial charge on any atom is 0.251 e. The topological polar surface area (TPSA) is 116 Å². The molecule has 1 saturated heterocycles. The molecule has 0 unspecified atom stereocenters. The minimum atomic E-state index is -0.0901. The smallest absolute Gasteiger partial charge is 0.251 e. The van der Waals surface area contributed by atoms with Crippen molar-refractivity contribution in [3.05, 3.63) is 34.9 Å². The molecular weight excluding hydrogens is 486 g/mol. The molecule has 3 heterocycles. The highest BCUT2D eigenvalue weighted by Gasteiger charge is 2.18. The van der Waals surface area contributed by atoms with Gasteiger partial charge in [-0.1, -0.05) is 6.07 Å². The lowest BCUT2D eigenvalue weighted by molar-refractivity contribution is -0.120. The molecule has 1 aromatic carbocycles. The van der Waals surface area contributed by atoms with Gasteiger partial charge in [-0.2, -0.15) is 0 Å². The van der Waals surface area contributed by atoms with Crippen molar-refractivity contribution in [3.63, 3.8) is 0 Å². The van der Waals surface area contributed by atoms with Gasteiger partial charge < -0.3 is 26.2 Å². The van der Waals surface area contributed by atoms with Crippen LogP contribution in [-0.2, 0) is 11.2 Å². The summed E-state index contributed by atoms with van der Waals surface area (Å²) in [6, 6.07) is 6.03. The van der Waals surface area contributed by atoms with E-state index in [0.717, 1.165) is 80.1 Å². The number of thioether (sulfide) groups is 1. The highest BCUT2D eigenvalue weighted by atomic mass is 32.2. The summed E-state index contributed by atoms with van der Waals surface area (Å²) in [5, 5.41) is 6.72. The van der Waals surface area contributed by atoms with E-state index in [2.05, 4.69) is 43.5 Å². The zero-order valence-corrected chi connectivity index (χ0v) is 22.8. The van der Waals surface area contributed by atoms with Gasteiger partial charge in [0.2, 0.25) is 11.9 Å². The number of hydrogen-bond donors (Lipinski definition) is 3. The number of hydrogen-bond acceptors (Lipinski definition) is 8. The summed E-state index contributed by atoms with van der Waals surface area (Å²) >= 11 is 1.50. The maximum absolute atomic E-state index is 13.1. The Kier molecular flexibility index (Phi) is 9.76. The van der Waals surface area contributed by atoms with Crippen LogP contribution in [0.25, 0.3) is 11.3 Å². The van der Waals surface area contributed by atoms with Crippen molar-refractivity contribution in [2.45, 2.75) is 44.1 Å². The van der Waals surface area contributed by atoms with E-state index in [9.17, 15) is 9.59 Å². The molecule has 0 saturated carbocycles. The fourth-order valence-corrected chi connectivity index (χ4v) is 5.64. The third-order valence-corrected chi connectivity index (χ3v) is 7.91. The first kappa shape index (κ1) is 27.3. The van der Waals surface area contributed by atoms with E-state index in [4.69, 9.17) is 5.73 Å². The number of nitrogens with two attached hydrogens (primary N) is 1. The third kappa shape index (κ3) is 7.90. The molecule has 4 bridgehead atoms. The quantitative estimate of drug-likeness (QED) is 0.521. The standard InChI is InChI=1S/C27H39N7O2S/c1-19-16-20(6-5-10-34-13-11-33(2)12-14-34)22-17-21(19)26(36)30-9-4-3-8-29-24(35)7-15-37-25-18-23(22)31-27(28)32-25/h16-18H,3-15H2,1-2H3,(H,29,35)(H,30,36)(H2,28,31,32). The van der Waals surface area contributed by atoms with Gasteiger partial charge in [0.05, 0.1) is 5.69 Å². The lowest BCUT2D eigenvalue weighted by Gasteiger charge is -2.32. The van der Waals surface area contributed by atoms with Crippen LogP contribution >= 0.6 is 11.8 Å². The zero-order valence-electron chi connectivity index (χ0n) is 22.0. The average molecular weight is 526 g/mol. The average Bonchev–Trinajstić information content (AvgIpc) is 2.86. The SMILES string of the molecule is Cc1cc(CCCN2CCN(C)CC2)c2cc1C(=O)NCCCCNC(=O)CCSc1cc-2nc(N)n1. The highest BCUT2D eigenvalue weighted by molar-refractivity contribution is 7.99. The monoisotopic (exact) mass is 525 g/mol. The van der Waals surface area contributed by atoms with Gasteiger partial charge >= 0.3 is 0 Å². The van der Waals surface area contributed by atoms with Gasteiger partial charge in [-0.15, -0.1) is 11.8 Å². The molecule has 4 N–H and O–H groups in total. The molecule has 1 aromatic heterocycles. The minimum absolute atomic E-state index is 0.0213. The van der Waals surface area contributed by atoms with Gasteiger partial charge in [-0.25, -0.2) is 9.97 Å². The van der Waals surface area contributed by atoms with Crippen molar-refractivity contribution in [3.8, 4) is 11.3 Å². The fraction of sp³-hybridized carbons (Fsp3) is 0.556. The Labute approximate surface area is 224 Å². The van der Waals surface area contributed by atoms with Crippen LogP contribution < -0.4 is 16.4 Å². The molecule has 0 aliphatic carbocycles.